The molecule has 1 aromatic rings. The van der Waals surface area contributed by atoms with Crippen LogP contribution in [-0.4, -0.2) is 48.7 Å². The van der Waals surface area contributed by atoms with Gasteiger partial charge in [0.05, 0.1) is 13.2 Å². The summed E-state index contributed by atoms with van der Waals surface area (Å²) < 4.78 is 5.34. The number of morpholine rings is 1. The van der Waals surface area contributed by atoms with Gasteiger partial charge in [-0.2, -0.15) is 0 Å². The van der Waals surface area contributed by atoms with E-state index in [1.54, 1.807) is 0 Å². The topological polar surface area (TPSA) is 93.4 Å². The van der Waals surface area contributed by atoms with E-state index >= 15 is 0 Å². The van der Waals surface area contributed by atoms with Gasteiger partial charge in [0.2, 0.25) is 5.91 Å². The van der Waals surface area contributed by atoms with Gasteiger partial charge in [0.1, 0.15) is 23.5 Å². The Morgan fingerprint density at radius 3 is 2.95 bits per heavy atom. The molecule has 0 radical (unpaired) electrons. The molecule has 2 fully saturated rings. The van der Waals surface area contributed by atoms with Crippen molar-refractivity contribution in [3.05, 3.63) is 11.9 Å². The van der Waals surface area contributed by atoms with Crippen molar-refractivity contribution in [2.75, 3.05) is 37.0 Å². The lowest BCUT2D eigenvalue weighted by Crippen LogP contribution is -2.53. The number of rotatable bonds is 4. The maximum atomic E-state index is 11.6. The molecule has 1 unspecified atom stereocenters. The number of hydrogen-bond acceptors (Lipinski definition) is 6. The zero-order valence-corrected chi connectivity index (χ0v) is 11.5. The molecule has 1 aromatic heterocycles. The maximum absolute atomic E-state index is 11.6. The SMILES string of the molecule is CNc1cc(N2CCOCC2C(N)=O)nc(C2CC2)n1. The number of carbonyl (C=O) groups excluding carboxylic acids is 1. The number of primary amides is 1. The molecule has 1 amide bonds. The minimum Gasteiger partial charge on any atom is -0.377 e. The molecular weight excluding hydrogens is 258 g/mol. The Labute approximate surface area is 117 Å². The van der Waals surface area contributed by atoms with Crippen molar-refractivity contribution in [3.8, 4) is 0 Å². The number of ether oxygens (including phenoxy) is 1. The maximum Gasteiger partial charge on any atom is 0.242 e. The molecule has 3 N–H and O–H groups in total. The van der Waals surface area contributed by atoms with Crippen LogP contribution >= 0.6 is 0 Å². The van der Waals surface area contributed by atoms with Gasteiger partial charge in [-0.3, -0.25) is 4.79 Å². The van der Waals surface area contributed by atoms with Crippen LogP contribution in [0.2, 0.25) is 0 Å². The summed E-state index contributed by atoms with van der Waals surface area (Å²) in [6, 6.07) is 1.39. The van der Waals surface area contributed by atoms with Crippen LogP contribution < -0.4 is 16.0 Å². The minimum absolute atomic E-state index is 0.312. The highest BCUT2D eigenvalue weighted by molar-refractivity contribution is 5.83. The van der Waals surface area contributed by atoms with Crippen molar-refractivity contribution in [1.82, 2.24) is 9.97 Å². The van der Waals surface area contributed by atoms with Gasteiger partial charge in [-0.05, 0) is 12.8 Å². The van der Waals surface area contributed by atoms with E-state index in [0.29, 0.717) is 25.7 Å². The van der Waals surface area contributed by atoms with Crippen LogP contribution in [0.25, 0.3) is 0 Å². The lowest BCUT2D eigenvalue weighted by Gasteiger charge is -2.34. The standard InChI is InChI=1S/C13H19N5O2/c1-15-10-6-11(17-13(16-10)8-2-3-8)18-4-5-20-7-9(18)12(14)19/h6,8-9H,2-5,7H2,1H3,(H2,14,19)(H,15,16,17). The zero-order chi connectivity index (χ0) is 14.1. The lowest BCUT2D eigenvalue weighted by molar-refractivity contribution is -0.121. The van der Waals surface area contributed by atoms with Gasteiger partial charge in [-0.25, -0.2) is 9.97 Å². The third-order valence-electron chi connectivity index (χ3n) is 3.68. The normalized spacial score (nSPS) is 22.6. The number of nitrogens with zero attached hydrogens (tertiary/aromatic N) is 3. The number of anilines is 2. The van der Waals surface area contributed by atoms with Crippen LogP contribution in [0, 0.1) is 0 Å². The Kier molecular flexibility index (Phi) is 3.43. The van der Waals surface area contributed by atoms with Crippen LogP contribution in [-0.2, 0) is 9.53 Å². The van der Waals surface area contributed by atoms with Gasteiger partial charge in [-0.1, -0.05) is 0 Å². The molecular formula is C13H19N5O2. The fraction of sp³-hybridized carbons (Fsp3) is 0.615. The van der Waals surface area contributed by atoms with Crippen molar-refractivity contribution in [1.29, 1.82) is 0 Å². The molecule has 1 saturated carbocycles. The zero-order valence-electron chi connectivity index (χ0n) is 11.5. The third kappa shape index (κ3) is 2.53. The lowest BCUT2D eigenvalue weighted by atomic mass is 10.2. The second-order valence-electron chi connectivity index (χ2n) is 5.18. The van der Waals surface area contributed by atoms with Gasteiger partial charge in [0.25, 0.3) is 0 Å². The average Bonchev–Trinajstić information content (AvgIpc) is 3.31. The first-order valence-electron chi connectivity index (χ1n) is 6.89. The van der Waals surface area contributed by atoms with E-state index in [2.05, 4.69) is 15.3 Å². The summed E-state index contributed by atoms with van der Waals surface area (Å²) in [6.07, 6.45) is 2.27. The summed E-state index contributed by atoms with van der Waals surface area (Å²) in [7, 11) is 1.83. The van der Waals surface area contributed by atoms with Gasteiger partial charge in [0.15, 0.2) is 0 Å². The predicted molar refractivity (Wildman–Crippen MR) is 74.7 cm³/mol. The van der Waals surface area contributed by atoms with Gasteiger partial charge >= 0.3 is 0 Å². The van der Waals surface area contributed by atoms with Crippen LogP contribution in [0.4, 0.5) is 11.6 Å². The molecule has 0 bridgehead atoms. The van der Waals surface area contributed by atoms with E-state index in [1.165, 1.54) is 0 Å². The van der Waals surface area contributed by atoms with Crippen LogP contribution in [0.5, 0.6) is 0 Å². The minimum atomic E-state index is -0.463. The van der Waals surface area contributed by atoms with Gasteiger partial charge in [0, 0.05) is 25.6 Å². The number of hydrogen-bond donors (Lipinski definition) is 2. The van der Waals surface area contributed by atoms with Crippen LogP contribution in [0.1, 0.15) is 24.6 Å². The highest BCUT2D eigenvalue weighted by atomic mass is 16.5. The summed E-state index contributed by atoms with van der Waals surface area (Å²) in [4.78, 5) is 22.6. The molecule has 1 aliphatic heterocycles. The Balaban J connectivity index is 1.94. The fourth-order valence-corrected chi connectivity index (χ4v) is 2.37. The first-order valence-corrected chi connectivity index (χ1v) is 6.89. The van der Waals surface area contributed by atoms with Gasteiger partial charge in [-0.15, -0.1) is 0 Å². The molecule has 1 aliphatic carbocycles. The molecule has 7 heteroatoms. The first-order chi connectivity index (χ1) is 9.69. The first kappa shape index (κ1) is 13.1. The fourth-order valence-electron chi connectivity index (χ4n) is 2.37. The molecule has 108 valence electrons. The van der Waals surface area contributed by atoms with E-state index < -0.39 is 6.04 Å². The number of carbonyl (C=O) groups is 1. The van der Waals surface area contributed by atoms with Crippen molar-refractivity contribution < 1.29 is 9.53 Å². The third-order valence-corrected chi connectivity index (χ3v) is 3.68. The molecule has 2 aliphatic rings. The summed E-state index contributed by atoms with van der Waals surface area (Å²) in [5, 5.41) is 3.05. The average molecular weight is 277 g/mol. The second kappa shape index (κ2) is 5.24. The predicted octanol–water partition coefficient (Wildman–Crippen LogP) is 0.0862. The second-order valence-corrected chi connectivity index (χ2v) is 5.18. The van der Waals surface area contributed by atoms with Crippen molar-refractivity contribution in [2.24, 2.45) is 5.73 Å². The van der Waals surface area contributed by atoms with E-state index in [1.807, 2.05) is 18.0 Å². The van der Waals surface area contributed by atoms with Crippen LogP contribution in [0.15, 0.2) is 6.07 Å². The quantitative estimate of drug-likeness (QED) is 0.810. The van der Waals surface area contributed by atoms with E-state index in [0.717, 1.165) is 30.3 Å². The van der Waals surface area contributed by atoms with Crippen molar-refractivity contribution in [3.63, 3.8) is 0 Å². The molecule has 7 nitrogen and oxygen atoms in total. The number of nitrogens with two attached hydrogens (primary N) is 1. The Bertz CT molecular complexity index is 517. The highest BCUT2D eigenvalue weighted by Crippen LogP contribution is 2.39. The Morgan fingerprint density at radius 2 is 2.30 bits per heavy atom. The monoisotopic (exact) mass is 277 g/mol. The molecule has 2 heterocycles. The summed E-state index contributed by atoms with van der Waals surface area (Å²) in [6.45, 7) is 1.49. The summed E-state index contributed by atoms with van der Waals surface area (Å²) >= 11 is 0. The highest BCUT2D eigenvalue weighted by Gasteiger charge is 2.32. The Morgan fingerprint density at radius 1 is 1.50 bits per heavy atom. The van der Waals surface area contributed by atoms with E-state index in [9.17, 15) is 4.79 Å². The van der Waals surface area contributed by atoms with E-state index in [-0.39, 0.29) is 5.91 Å². The van der Waals surface area contributed by atoms with Crippen molar-refractivity contribution in [2.45, 2.75) is 24.8 Å². The summed E-state index contributed by atoms with van der Waals surface area (Å²) in [5.74, 6) is 2.43. The number of amides is 1. The molecule has 3 rings (SSSR count). The molecule has 1 saturated heterocycles. The Hall–Kier alpha value is -1.89. The van der Waals surface area contributed by atoms with E-state index in [4.69, 9.17) is 10.5 Å². The summed E-state index contributed by atoms with van der Waals surface area (Å²) in [5.41, 5.74) is 5.46. The largest absolute Gasteiger partial charge is 0.377 e. The smallest absolute Gasteiger partial charge is 0.242 e. The molecule has 0 aromatic carbocycles. The van der Waals surface area contributed by atoms with Gasteiger partial charge < -0.3 is 20.7 Å². The molecule has 0 spiro atoms. The van der Waals surface area contributed by atoms with Crippen LogP contribution in [0.3, 0.4) is 0 Å². The molecule has 1 atom stereocenters. The number of nitrogens with one attached hydrogen (secondary N) is 1. The molecule has 20 heavy (non-hydrogen) atoms. The van der Waals surface area contributed by atoms with Crippen molar-refractivity contribution >= 4 is 17.5 Å². The number of aromatic nitrogens is 2.